The maximum absolute atomic E-state index is 12.7. The topological polar surface area (TPSA) is 208 Å². The van der Waals surface area contributed by atoms with Crippen LogP contribution in [0.4, 0.5) is 10.5 Å². The van der Waals surface area contributed by atoms with E-state index in [1.807, 2.05) is 0 Å². The van der Waals surface area contributed by atoms with Crippen molar-refractivity contribution in [1.29, 1.82) is 0 Å². The third-order valence-corrected chi connectivity index (χ3v) is 4.81. The van der Waals surface area contributed by atoms with Gasteiger partial charge in [-0.25, -0.2) is 10.3 Å². The van der Waals surface area contributed by atoms with Gasteiger partial charge in [-0.2, -0.15) is 0 Å². The van der Waals surface area contributed by atoms with Crippen molar-refractivity contribution in [3.8, 4) is 17.2 Å². The first kappa shape index (κ1) is 26.7. The Morgan fingerprint density at radius 2 is 1.86 bits per heavy atom. The summed E-state index contributed by atoms with van der Waals surface area (Å²) < 4.78 is 11.4. The molecule has 1 aromatic heterocycles. The summed E-state index contributed by atoms with van der Waals surface area (Å²) in [6.07, 6.45) is 1.49. The van der Waals surface area contributed by atoms with Crippen LogP contribution in [0.1, 0.15) is 17.3 Å². The molecule has 190 valence electrons. The highest BCUT2D eigenvalue weighted by Gasteiger charge is 2.18. The van der Waals surface area contributed by atoms with Gasteiger partial charge in [0.2, 0.25) is 0 Å². The fourth-order valence-corrected chi connectivity index (χ4v) is 3.20. The molecule has 0 aliphatic heterocycles. The van der Waals surface area contributed by atoms with E-state index in [0.29, 0.717) is 34.6 Å². The molecule has 0 saturated heterocycles. The number of fused-ring (bicyclic) bond motifs is 1. The minimum absolute atomic E-state index is 0.000978. The molecule has 0 saturated carbocycles. The van der Waals surface area contributed by atoms with Gasteiger partial charge in [0.15, 0.2) is 13.5 Å². The van der Waals surface area contributed by atoms with Crippen molar-refractivity contribution in [2.45, 2.75) is 6.92 Å². The van der Waals surface area contributed by atoms with Crippen molar-refractivity contribution >= 4 is 40.1 Å². The number of hydrogen-bond donors (Lipinski definition) is 3. The van der Waals surface area contributed by atoms with Crippen LogP contribution in [0.2, 0.25) is 5.02 Å². The van der Waals surface area contributed by atoms with Gasteiger partial charge in [-0.1, -0.05) is 21.8 Å². The number of ether oxygens (including phenoxy) is 2. The molecule has 0 aliphatic carbocycles. The molecule has 0 atom stereocenters. The highest BCUT2D eigenvalue weighted by atomic mass is 35.5. The lowest BCUT2D eigenvalue weighted by Crippen LogP contribution is -2.28. The number of amides is 3. The van der Waals surface area contributed by atoms with Crippen molar-refractivity contribution < 1.29 is 23.9 Å². The van der Waals surface area contributed by atoms with E-state index in [1.165, 1.54) is 24.4 Å². The van der Waals surface area contributed by atoms with Gasteiger partial charge in [0, 0.05) is 40.1 Å². The summed E-state index contributed by atoms with van der Waals surface area (Å²) in [7, 11) is 0. The molecule has 3 amide bonds. The maximum atomic E-state index is 12.7. The Labute approximate surface area is 213 Å². The molecular formula is C21H19ClN10O5. The third kappa shape index (κ3) is 7.27. The lowest BCUT2D eigenvalue weighted by atomic mass is 10.1. The molecule has 16 heteroatoms. The van der Waals surface area contributed by atoms with E-state index in [4.69, 9.17) is 37.0 Å². The predicted molar refractivity (Wildman–Crippen MR) is 133 cm³/mol. The number of nitrogens with zero attached hydrogens (tertiary/aromatic N) is 7. The van der Waals surface area contributed by atoms with Crippen LogP contribution in [0.3, 0.4) is 0 Å². The third-order valence-electron chi connectivity index (χ3n) is 4.49. The van der Waals surface area contributed by atoms with Crippen LogP contribution in [0.15, 0.2) is 52.8 Å². The molecule has 3 aromatic rings. The second-order valence-corrected chi connectivity index (χ2v) is 7.25. The number of benzene rings is 2. The zero-order valence-electron chi connectivity index (χ0n) is 19.2. The Bertz CT molecular complexity index is 1410. The van der Waals surface area contributed by atoms with E-state index >= 15 is 0 Å². The molecule has 0 radical (unpaired) electrons. The van der Waals surface area contributed by atoms with Crippen molar-refractivity contribution in [2.75, 3.05) is 25.3 Å². The van der Waals surface area contributed by atoms with E-state index in [2.05, 4.69) is 41.1 Å². The molecule has 0 unspecified atom stereocenters. The monoisotopic (exact) mass is 526 g/mol. The van der Waals surface area contributed by atoms with Crippen molar-refractivity contribution in [3.05, 3.63) is 74.1 Å². The summed E-state index contributed by atoms with van der Waals surface area (Å²) in [5.41, 5.74) is 19.8. The molecule has 15 nitrogen and oxygen atoms in total. The Hall–Kier alpha value is -4.94. The van der Waals surface area contributed by atoms with E-state index in [-0.39, 0.29) is 23.1 Å². The van der Waals surface area contributed by atoms with Gasteiger partial charge in [-0.05, 0) is 42.3 Å². The van der Waals surface area contributed by atoms with Gasteiger partial charge < -0.3 is 20.1 Å². The zero-order chi connectivity index (χ0) is 26.6. The number of urea groups is 1. The standard InChI is InChI=1S/C21H19ClN10O5/c1-2-25-21(34)29-16-4-3-12(7-15(16)22)37-18-5-6-26-17-9-19(35-10-27-31-23)14(8-13(17)18)20(33)30-36-11-28-32-24/h3-9H,2,10-11H2,1H3,(H,30,33)(H2,25,29,34). The number of halogens is 1. The van der Waals surface area contributed by atoms with Crippen LogP contribution < -0.4 is 25.6 Å². The predicted octanol–water partition coefficient (Wildman–Crippen LogP) is 5.40. The fourth-order valence-electron chi connectivity index (χ4n) is 2.98. The highest BCUT2D eigenvalue weighted by molar-refractivity contribution is 6.33. The van der Waals surface area contributed by atoms with E-state index in [9.17, 15) is 9.59 Å². The molecule has 3 N–H and O–H groups in total. The normalized spacial score (nSPS) is 10.0. The molecule has 2 aromatic carbocycles. The Kier molecular flexibility index (Phi) is 9.53. The van der Waals surface area contributed by atoms with Crippen LogP contribution in [0, 0.1) is 0 Å². The first-order valence-corrected chi connectivity index (χ1v) is 10.9. The van der Waals surface area contributed by atoms with Crippen LogP contribution in [0.25, 0.3) is 31.8 Å². The number of pyridine rings is 1. The molecule has 0 spiro atoms. The van der Waals surface area contributed by atoms with Gasteiger partial charge in [-0.3, -0.25) is 14.6 Å². The minimum atomic E-state index is -0.732. The molecule has 0 aliphatic rings. The Morgan fingerprint density at radius 1 is 1.08 bits per heavy atom. The second-order valence-electron chi connectivity index (χ2n) is 6.84. The first-order valence-electron chi connectivity index (χ1n) is 10.5. The summed E-state index contributed by atoms with van der Waals surface area (Å²) in [5, 5.41) is 12.4. The minimum Gasteiger partial charge on any atom is -0.487 e. The Balaban J connectivity index is 1.93. The first-order chi connectivity index (χ1) is 18.0. The Morgan fingerprint density at radius 3 is 2.59 bits per heavy atom. The SMILES string of the molecule is CCNC(=O)Nc1ccc(Oc2ccnc3cc(OCN=[N+]=[N-])c(C(=O)NOCN=[N+]=[N-])cc23)cc1Cl. The number of aromatic nitrogens is 1. The van der Waals surface area contributed by atoms with E-state index in [1.54, 1.807) is 25.1 Å². The lowest BCUT2D eigenvalue weighted by Gasteiger charge is -2.14. The number of hydrogen-bond acceptors (Lipinski definition) is 8. The van der Waals surface area contributed by atoms with Gasteiger partial charge in [0.25, 0.3) is 5.91 Å². The lowest BCUT2D eigenvalue weighted by molar-refractivity contribution is 0.0336. The summed E-state index contributed by atoms with van der Waals surface area (Å²) in [6.45, 7) is 1.43. The molecule has 0 bridgehead atoms. The van der Waals surface area contributed by atoms with Crippen molar-refractivity contribution in [1.82, 2.24) is 15.8 Å². The van der Waals surface area contributed by atoms with Crippen molar-refractivity contribution in [2.24, 2.45) is 10.2 Å². The fraction of sp³-hybridized carbons (Fsp3) is 0.190. The largest absolute Gasteiger partial charge is 0.487 e. The number of anilines is 1. The average Bonchev–Trinajstić information content (AvgIpc) is 2.88. The van der Waals surface area contributed by atoms with Gasteiger partial charge >= 0.3 is 6.03 Å². The van der Waals surface area contributed by atoms with Crippen molar-refractivity contribution in [3.63, 3.8) is 0 Å². The van der Waals surface area contributed by atoms with Gasteiger partial charge in [0.1, 0.15) is 17.2 Å². The summed E-state index contributed by atoms with van der Waals surface area (Å²) in [6, 6.07) is 8.80. The zero-order valence-corrected chi connectivity index (χ0v) is 20.0. The van der Waals surface area contributed by atoms with Gasteiger partial charge in [-0.15, -0.1) is 0 Å². The molecule has 3 rings (SSSR count). The number of carbonyl (C=O) groups is 2. The number of carbonyl (C=O) groups excluding carboxylic acids is 2. The maximum Gasteiger partial charge on any atom is 0.319 e. The molecule has 0 fully saturated rings. The van der Waals surface area contributed by atoms with E-state index < -0.39 is 18.7 Å². The second kappa shape index (κ2) is 13.2. The highest BCUT2D eigenvalue weighted by Crippen LogP contribution is 2.35. The van der Waals surface area contributed by atoms with Gasteiger partial charge in [0.05, 0.1) is 21.8 Å². The summed E-state index contributed by atoms with van der Waals surface area (Å²) >= 11 is 6.29. The number of nitrogens with one attached hydrogen (secondary N) is 3. The molecule has 37 heavy (non-hydrogen) atoms. The van der Waals surface area contributed by atoms with Crippen LogP contribution >= 0.6 is 11.6 Å². The van der Waals surface area contributed by atoms with Crippen LogP contribution in [0.5, 0.6) is 17.2 Å². The molecule has 1 heterocycles. The summed E-state index contributed by atoms with van der Waals surface area (Å²) in [5.74, 6) is 0.00495. The molecular weight excluding hydrogens is 508 g/mol. The number of rotatable bonds is 11. The summed E-state index contributed by atoms with van der Waals surface area (Å²) in [4.78, 5) is 38.7. The van der Waals surface area contributed by atoms with Crippen LogP contribution in [-0.4, -0.2) is 36.9 Å². The number of azide groups is 2. The van der Waals surface area contributed by atoms with E-state index in [0.717, 1.165) is 0 Å². The smallest absolute Gasteiger partial charge is 0.319 e. The average molecular weight is 527 g/mol. The number of hydroxylamine groups is 1. The quantitative estimate of drug-likeness (QED) is 0.0977. The van der Waals surface area contributed by atoms with Crippen LogP contribution in [-0.2, 0) is 4.84 Å².